The van der Waals surface area contributed by atoms with Crippen LogP contribution in [0.2, 0.25) is 0 Å². The first-order valence-electron chi connectivity index (χ1n) is 9.60. The van der Waals surface area contributed by atoms with Gasteiger partial charge in [0.05, 0.1) is 0 Å². The van der Waals surface area contributed by atoms with E-state index in [1.54, 1.807) is 0 Å². The predicted octanol–water partition coefficient (Wildman–Crippen LogP) is 4.20. The number of hydrogen-bond acceptors (Lipinski definition) is 2. The van der Waals surface area contributed by atoms with Crippen LogP contribution in [0, 0.1) is 11.8 Å². The van der Waals surface area contributed by atoms with Gasteiger partial charge in [-0.1, -0.05) is 44.9 Å². The van der Waals surface area contributed by atoms with Gasteiger partial charge in [0.2, 0.25) is 0 Å². The second kappa shape index (κ2) is 7.00. The first kappa shape index (κ1) is 15.8. The van der Waals surface area contributed by atoms with Crippen LogP contribution in [0.15, 0.2) is 0 Å². The molecule has 0 bridgehead atoms. The van der Waals surface area contributed by atoms with Crippen molar-refractivity contribution in [1.29, 1.82) is 0 Å². The van der Waals surface area contributed by atoms with Crippen molar-refractivity contribution in [3.05, 3.63) is 0 Å². The van der Waals surface area contributed by atoms with E-state index in [1.807, 2.05) is 0 Å². The third-order valence-electron chi connectivity index (χ3n) is 6.99. The molecule has 0 aromatic heterocycles. The molecular formula is C19H36N2. The van der Waals surface area contributed by atoms with Crippen molar-refractivity contribution in [2.24, 2.45) is 11.8 Å². The maximum absolute atomic E-state index is 4.00. The van der Waals surface area contributed by atoms with Crippen molar-refractivity contribution in [2.45, 2.75) is 88.6 Å². The van der Waals surface area contributed by atoms with Crippen molar-refractivity contribution >= 4 is 0 Å². The van der Waals surface area contributed by atoms with E-state index in [0.717, 1.165) is 17.9 Å². The smallest absolute Gasteiger partial charge is 0.0327 e. The molecule has 0 amide bonds. The summed E-state index contributed by atoms with van der Waals surface area (Å²) in [5.74, 6) is 2.13. The third kappa shape index (κ3) is 3.64. The monoisotopic (exact) mass is 292 g/mol. The summed E-state index contributed by atoms with van der Waals surface area (Å²) in [5, 5.41) is 4.00. The lowest BCUT2D eigenvalue weighted by Crippen LogP contribution is -2.55. The second-order valence-electron chi connectivity index (χ2n) is 8.37. The highest BCUT2D eigenvalue weighted by Crippen LogP contribution is 2.40. The van der Waals surface area contributed by atoms with Crippen LogP contribution in [-0.4, -0.2) is 37.1 Å². The largest absolute Gasteiger partial charge is 0.312 e. The zero-order valence-corrected chi connectivity index (χ0v) is 14.4. The quantitative estimate of drug-likeness (QED) is 0.835. The molecule has 0 radical (unpaired) electrons. The van der Waals surface area contributed by atoms with Gasteiger partial charge in [-0.05, 0) is 58.0 Å². The Balaban J connectivity index is 1.51. The van der Waals surface area contributed by atoms with Gasteiger partial charge in [-0.15, -0.1) is 0 Å². The van der Waals surface area contributed by atoms with Crippen molar-refractivity contribution in [2.75, 3.05) is 20.6 Å². The van der Waals surface area contributed by atoms with Gasteiger partial charge in [-0.3, -0.25) is 0 Å². The zero-order valence-electron chi connectivity index (χ0n) is 14.4. The Morgan fingerprint density at radius 1 is 0.857 bits per heavy atom. The maximum atomic E-state index is 4.00. The molecule has 122 valence electrons. The Bertz CT molecular complexity index is 320. The number of nitrogens with zero attached hydrogens (tertiary/aromatic N) is 1. The molecule has 2 heteroatoms. The molecule has 3 unspecified atom stereocenters. The van der Waals surface area contributed by atoms with Crippen LogP contribution in [0.5, 0.6) is 0 Å². The molecule has 1 N–H and O–H groups in total. The van der Waals surface area contributed by atoms with E-state index in [4.69, 9.17) is 0 Å². The summed E-state index contributed by atoms with van der Waals surface area (Å²) < 4.78 is 0. The van der Waals surface area contributed by atoms with Crippen LogP contribution in [-0.2, 0) is 0 Å². The predicted molar refractivity (Wildman–Crippen MR) is 90.6 cm³/mol. The van der Waals surface area contributed by atoms with E-state index >= 15 is 0 Å². The lowest BCUT2D eigenvalue weighted by atomic mass is 9.69. The molecule has 0 spiro atoms. The van der Waals surface area contributed by atoms with Crippen LogP contribution < -0.4 is 5.32 Å². The molecule has 3 aliphatic rings. The van der Waals surface area contributed by atoms with Crippen LogP contribution in [0.4, 0.5) is 0 Å². The average Bonchev–Trinajstić information content (AvgIpc) is 2.53. The summed E-state index contributed by atoms with van der Waals surface area (Å²) in [4.78, 5) is 2.52. The van der Waals surface area contributed by atoms with E-state index in [0.29, 0.717) is 5.54 Å². The fourth-order valence-electron chi connectivity index (χ4n) is 5.39. The van der Waals surface area contributed by atoms with Crippen molar-refractivity contribution in [3.8, 4) is 0 Å². The summed E-state index contributed by atoms with van der Waals surface area (Å²) >= 11 is 0. The Morgan fingerprint density at radius 3 is 2.29 bits per heavy atom. The average molecular weight is 293 g/mol. The second-order valence-corrected chi connectivity index (χ2v) is 8.37. The van der Waals surface area contributed by atoms with Crippen molar-refractivity contribution in [3.63, 3.8) is 0 Å². The Hall–Kier alpha value is -0.0800. The third-order valence-corrected chi connectivity index (χ3v) is 6.99. The maximum Gasteiger partial charge on any atom is 0.0327 e. The molecule has 0 aromatic rings. The fraction of sp³-hybridized carbons (Fsp3) is 1.00. The molecule has 3 saturated carbocycles. The Kier molecular flexibility index (Phi) is 5.27. The lowest BCUT2D eigenvalue weighted by molar-refractivity contribution is 0.0830. The van der Waals surface area contributed by atoms with Gasteiger partial charge in [-0.2, -0.15) is 0 Å². The summed E-state index contributed by atoms with van der Waals surface area (Å²) in [7, 11) is 4.59. The molecule has 2 nitrogen and oxygen atoms in total. The number of rotatable bonds is 4. The van der Waals surface area contributed by atoms with Gasteiger partial charge in [0.15, 0.2) is 0 Å². The zero-order chi connectivity index (χ0) is 14.7. The number of nitrogens with one attached hydrogen (secondary N) is 1. The summed E-state index contributed by atoms with van der Waals surface area (Å²) in [6, 6.07) is 0.808. The van der Waals surface area contributed by atoms with E-state index in [-0.39, 0.29) is 0 Å². The summed E-state index contributed by atoms with van der Waals surface area (Å²) in [6.07, 6.45) is 17.5. The number of fused-ring (bicyclic) bond motifs is 1. The highest BCUT2D eigenvalue weighted by Gasteiger charge is 2.36. The van der Waals surface area contributed by atoms with E-state index in [1.165, 1.54) is 83.6 Å². The van der Waals surface area contributed by atoms with Crippen molar-refractivity contribution < 1.29 is 0 Å². The minimum absolute atomic E-state index is 0.446. The van der Waals surface area contributed by atoms with Gasteiger partial charge in [0, 0.05) is 18.1 Å². The number of hydrogen-bond donors (Lipinski definition) is 1. The molecule has 3 fully saturated rings. The lowest BCUT2D eigenvalue weighted by Gasteiger charge is -2.45. The van der Waals surface area contributed by atoms with Crippen LogP contribution in [0.25, 0.3) is 0 Å². The standard InChI is InChI=1S/C19H36N2/c1-21(2)19(12-6-3-7-13-19)15-20-18-11-10-16-8-4-5-9-17(16)14-18/h16-18,20H,3-15H2,1-2H3. The van der Waals surface area contributed by atoms with Crippen LogP contribution in [0.1, 0.15) is 77.0 Å². The van der Waals surface area contributed by atoms with Crippen molar-refractivity contribution in [1.82, 2.24) is 10.2 Å². The summed E-state index contributed by atoms with van der Waals surface area (Å²) in [5.41, 5.74) is 0.446. The topological polar surface area (TPSA) is 15.3 Å². The highest BCUT2D eigenvalue weighted by molar-refractivity contribution is 4.95. The molecule has 0 heterocycles. The molecule has 3 atom stereocenters. The minimum Gasteiger partial charge on any atom is -0.312 e. The van der Waals surface area contributed by atoms with E-state index in [9.17, 15) is 0 Å². The van der Waals surface area contributed by atoms with Gasteiger partial charge >= 0.3 is 0 Å². The van der Waals surface area contributed by atoms with E-state index in [2.05, 4.69) is 24.3 Å². The number of likely N-dealkylation sites (N-methyl/N-ethyl adjacent to an activating group) is 1. The SMILES string of the molecule is CN(C)C1(CNC2CCC3CCCCC3C2)CCCCC1. The van der Waals surface area contributed by atoms with Gasteiger partial charge in [-0.25, -0.2) is 0 Å². The molecule has 21 heavy (non-hydrogen) atoms. The minimum atomic E-state index is 0.446. The fourth-order valence-corrected chi connectivity index (χ4v) is 5.39. The first-order valence-corrected chi connectivity index (χ1v) is 9.60. The van der Waals surface area contributed by atoms with Crippen LogP contribution in [0.3, 0.4) is 0 Å². The highest BCUT2D eigenvalue weighted by atomic mass is 15.2. The normalized spacial score (nSPS) is 36.4. The molecule has 3 aliphatic carbocycles. The van der Waals surface area contributed by atoms with Gasteiger partial charge in [0.1, 0.15) is 0 Å². The van der Waals surface area contributed by atoms with E-state index < -0.39 is 0 Å². The molecule has 0 saturated heterocycles. The Labute approximate surface area is 132 Å². The summed E-state index contributed by atoms with van der Waals surface area (Å²) in [6.45, 7) is 1.22. The first-order chi connectivity index (χ1) is 10.2. The molecule has 3 rings (SSSR count). The van der Waals surface area contributed by atoms with Gasteiger partial charge < -0.3 is 10.2 Å². The molecule has 0 aliphatic heterocycles. The van der Waals surface area contributed by atoms with Gasteiger partial charge in [0.25, 0.3) is 0 Å². The molecular weight excluding hydrogens is 256 g/mol. The van der Waals surface area contributed by atoms with Crippen LogP contribution >= 0.6 is 0 Å². The molecule has 0 aromatic carbocycles. The Morgan fingerprint density at radius 2 is 1.57 bits per heavy atom.